The number of anilines is 1. The predicted molar refractivity (Wildman–Crippen MR) is 125 cm³/mol. The Morgan fingerprint density at radius 3 is 2.45 bits per heavy atom. The first-order valence-corrected chi connectivity index (χ1v) is 10.2. The number of carbonyl (C=O) groups is 1. The average molecular weight is 441 g/mol. The van der Waals surface area contributed by atoms with Crippen LogP contribution >= 0.6 is 0 Å². The van der Waals surface area contributed by atoms with Gasteiger partial charge in [-0.05, 0) is 54.6 Å². The van der Waals surface area contributed by atoms with Gasteiger partial charge in [-0.25, -0.2) is 0 Å². The first-order chi connectivity index (χ1) is 16.1. The minimum atomic E-state index is -0.438. The van der Waals surface area contributed by atoms with Crippen molar-refractivity contribution in [3.8, 4) is 22.8 Å². The first kappa shape index (κ1) is 20.4. The molecule has 0 fully saturated rings. The second-order valence-electron chi connectivity index (χ2n) is 7.36. The van der Waals surface area contributed by atoms with Crippen LogP contribution in [0.5, 0.6) is 11.5 Å². The molecule has 0 spiro atoms. The maximum absolute atomic E-state index is 12.8. The smallest absolute Gasteiger partial charge is 0.291 e. The van der Waals surface area contributed by atoms with E-state index in [0.717, 1.165) is 10.9 Å². The molecule has 0 unspecified atom stereocenters. The van der Waals surface area contributed by atoms with Crippen LogP contribution in [0.1, 0.15) is 10.6 Å². The molecule has 33 heavy (non-hydrogen) atoms. The molecule has 0 aliphatic heterocycles. The molecule has 0 bridgehead atoms. The van der Waals surface area contributed by atoms with Crippen molar-refractivity contribution >= 4 is 33.5 Å². The summed E-state index contributed by atoms with van der Waals surface area (Å²) in [6, 6.07) is 20.6. The van der Waals surface area contributed by atoms with Gasteiger partial charge in [0, 0.05) is 22.7 Å². The Hall–Kier alpha value is -4.52. The SMILES string of the molecule is COc1ccc(-c2cc(=O)c3cc(NC(=O)c4cc5cccc(OC)c5o4)ccc3o2)cc1. The van der Waals surface area contributed by atoms with Gasteiger partial charge in [-0.1, -0.05) is 12.1 Å². The second kappa shape index (κ2) is 8.20. The third-order valence-corrected chi connectivity index (χ3v) is 5.31. The van der Waals surface area contributed by atoms with Crippen LogP contribution in [0.2, 0.25) is 0 Å². The Bertz CT molecular complexity index is 1550. The average Bonchev–Trinajstić information content (AvgIpc) is 3.29. The fraction of sp³-hybridized carbons (Fsp3) is 0.0769. The van der Waals surface area contributed by atoms with Gasteiger partial charge in [0.1, 0.15) is 17.1 Å². The number of nitrogens with one attached hydrogen (secondary N) is 1. The molecule has 0 atom stereocenters. The van der Waals surface area contributed by atoms with Crippen molar-refractivity contribution in [1.29, 1.82) is 0 Å². The number of hydrogen-bond acceptors (Lipinski definition) is 6. The number of hydrogen-bond donors (Lipinski definition) is 1. The molecule has 164 valence electrons. The van der Waals surface area contributed by atoms with E-state index in [2.05, 4.69) is 5.32 Å². The van der Waals surface area contributed by atoms with E-state index in [-0.39, 0.29) is 11.2 Å². The molecule has 0 aliphatic carbocycles. The predicted octanol–water partition coefficient (Wildman–Crippen LogP) is 5.48. The fourth-order valence-corrected chi connectivity index (χ4v) is 3.63. The van der Waals surface area contributed by atoms with Gasteiger partial charge < -0.3 is 23.6 Å². The lowest BCUT2D eigenvalue weighted by atomic mass is 10.1. The number of fused-ring (bicyclic) bond motifs is 2. The van der Waals surface area contributed by atoms with Gasteiger partial charge in [0.05, 0.1) is 19.6 Å². The van der Waals surface area contributed by atoms with E-state index in [1.165, 1.54) is 13.2 Å². The van der Waals surface area contributed by atoms with Crippen LogP contribution in [0.4, 0.5) is 5.69 Å². The van der Waals surface area contributed by atoms with Crippen molar-refractivity contribution in [2.75, 3.05) is 19.5 Å². The van der Waals surface area contributed by atoms with Gasteiger partial charge in [-0.15, -0.1) is 0 Å². The number of methoxy groups -OCH3 is 2. The van der Waals surface area contributed by atoms with Crippen LogP contribution < -0.4 is 20.2 Å². The van der Waals surface area contributed by atoms with Gasteiger partial charge in [-0.2, -0.15) is 0 Å². The standard InChI is InChI=1S/C26H19NO6/c1-30-18-9-6-15(7-10-18)23-14-20(28)19-13-17(8-11-21(19)32-23)27-26(29)24-12-16-4-3-5-22(31-2)25(16)33-24/h3-14H,1-2H3,(H,27,29). The molecule has 1 N–H and O–H groups in total. The summed E-state index contributed by atoms with van der Waals surface area (Å²) in [5, 5.41) is 3.88. The molecule has 0 radical (unpaired) electrons. The lowest BCUT2D eigenvalue weighted by molar-refractivity contribution is 0.0998. The van der Waals surface area contributed by atoms with Gasteiger partial charge in [0.2, 0.25) is 0 Å². The van der Waals surface area contributed by atoms with Gasteiger partial charge in [0.15, 0.2) is 22.5 Å². The molecule has 7 heteroatoms. The number of benzene rings is 3. The van der Waals surface area contributed by atoms with Crippen LogP contribution in [0.3, 0.4) is 0 Å². The van der Waals surface area contributed by atoms with E-state index >= 15 is 0 Å². The summed E-state index contributed by atoms with van der Waals surface area (Å²) in [7, 11) is 3.13. The molecule has 1 amide bonds. The van der Waals surface area contributed by atoms with Gasteiger partial charge in [0.25, 0.3) is 5.91 Å². The monoisotopic (exact) mass is 441 g/mol. The largest absolute Gasteiger partial charge is 0.497 e. The van der Waals surface area contributed by atoms with E-state index in [0.29, 0.717) is 39.5 Å². The third kappa shape index (κ3) is 3.80. The lowest BCUT2D eigenvalue weighted by Crippen LogP contribution is -2.11. The number of carbonyl (C=O) groups excluding carboxylic acids is 1. The molecule has 7 nitrogen and oxygen atoms in total. The Morgan fingerprint density at radius 1 is 0.879 bits per heavy atom. The van der Waals surface area contributed by atoms with Crippen molar-refractivity contribution < 1.29 is 23.1 Å². The highest BCUT2D eigenvalue weighted by Gasteiger charge is 2.16. The molecule has 5 rings (SSSR count). The number of ether oxygens (including phenoxy) is 2. The third-order valence-electron chi connectivity index (χ3n) is 5.31. The lowest BCUT2D eigenvalue weighted by Gasteiger charge is -2.07. The normalized spacial score (nSPS) is 11.0. The second-order valence-corrected chi connectivity index (χ2v) is 7.36. The summed E-state index contributed by atoms with van der Waals surface area (Å²) in [5.74, 6) is 1.40. The van der Waals surface area contributed by atoms with Crippen molar-refractivity contribution in [2.24, 2.45) is 0 Å². The number of rotatable bonds is 5. The minimum absolute atomic E-state index is 0.136. The fourth-order valence-electron chi connectivity index (χ4n) is 3.63. The zero-order valence-electron chi connectivity index (χ0n) is 17.9. The van der Waals surface area contributed by atoms with Crippen molar-refractivity contribution in [2.45, 2.75) is 0 Å². The first-order valence-electron chi connectivity index (χ1n) is 10.2. The highest BCUT2D eigenvalue weighted by atomic mass is 16.5. The summed E-state index contributed by atoms with van der Waals surface area (Å²) in [4.78, 5) is 25.5. The van der Waals surface area contributed by atoms with Crippen molar-refractivity contribution in [3.63, 3.8) is 0 Å². The molecular formula is C26H19NO6. The summed E-state index contributed by atoms with van der Waals surface area (Å²) in [6.07, 6.45) is 0. The summed E-state index contributed by atoms with van der Waals surface area (Å²) in [6.45, 7) is 0. The topological polar surface area (TPSA) is 90.9 Å². The molecule has 0 saturated carbocycles. The number of para-hydroxylation sites is 1. The summed E-state index contributed by atoms with van der Waals surface area (Å²) in [5.41, 5.74) is 1.90. The van der Waals surface area contributed by atoms with Crippen LogP contribution in [0.25, 0.3) is 33.3 Å². The van der Waals surface area contributed by atoms with Gasteiger partial charge in [-0.3, -0.25) is 9.59 Å². The summed E-state index contributed by atoms with van der Waals surface area (Å²) < 4.78 is 22.1. The van der Waals surface area contributed by atoms with Crippen LogP contribution in [-0.2, 0) is 0 Å². The molecule has 2 aromatic heterocycles. The quantitative estimate of drug-likeness (QED) is 0.389. The Morgan fingerprint density at radius 2 is 1.70 bits per heavy atom. The maximum Gasteiger partial charge on any atom is 0.291 e. The van der Waals surface area contributed by atoms with Crippen LogP contribution in [-0.4, -0.2) is 20.1 Å². The zero-order chi connectivity index (χ0) is 22.9. The number of furan rings is 1. The minimum Gasteiger partial charge on any atom is -0.497 e. The van der Waals surface area contributed by atoms with E-state index < -0.39 is 5.91 Å². The van der Waals surface area contributed by atoms with Gasteiger partial charge >= 0.3 is 0 Å². The van der Waals surface area contributed by atoms with E-state index in [9.17, 15) is 9.59 Å². The molecule has 0 saturated heterocycles. The number of amides is 1. The highest BCUT2D eigenvalue weighted by molar-refractivity contribution is 6.05. The Kier molecular flexibility index (Phi) is 5.06. The van der Waals surface area contributed by atoms with Crippen LogP contribution in [0.15, 0.2) is 86.4 Å². The molecule has 5 aromatic rings. The zero-order valence-corrected chi connectivity index (χ0v) is 17.9. The Balaban J connectivity index is 1.44. The molecule has 0 aliphatic rings. The Labute approximate surface area is 188 Å². The highest BCUT2D eigenvalue weighted by Crippen LogP contribution is 2.29. The molecule has 2 heterocycles. The van der Waals surface area contributed by atoms with E-state index in [1.54, 1.807) is 49.6 Å². The van der Waals surface area contributed by atoms with Crippen molar-refractivity contribution in [1.82, 2.24) is 0 Å². The molecule has 3 aromatic carbocycles. The maximum atomic E-state index is 12.8. The van der Waals surface area contributed by atoms with Crippen LogP contribution in [0, 0.1) is 0 Å². The summed E-state index contributed by atoms with van der Waals surface area (Å²) >= 11 is 0. The van der Waals surface area contributed by atoms with E-state index in [4.69, 9.17) is 18.3 Å². The van der Waals surface area contributed by atoms with E-state index in [1.807, 2.05) is 24.3 Å². The molecular weight excluding hydrogens is 422 g/mol. The van der Waals surface area contributed by atoms with Crippen molar-refractivity contribution in [3.05, 3.63) is 88.8 Å².